The third-order valence-corrected chi connectivity index (χ3v) is 5.97. The summed E-state index contributed by atoms with van der Waals surface area (Å²) in [5, 5.41) is 2.57. The number of rotatable bonds is 2. The molecule has 5 rings (SSSR count). The first-order chi connectivity index (χ1) is 15.9. The van der Waals surface area contributed by atoms with Crippen LogP contribution in [0.1, 0.15) is 23.7 Å². The molecular formula is C23H22N4O6. The highest BCUT2D eigenvalue weighted by molar-refractivity contribution is 6.39. The van der Waals surface area contributed by atoms with Crippen molar-refractivity contribution in [3.63, 3.8) is 0 Å². The van der Waals surface area contributed by atoms with Gasteiger partial charge in [0, 0.05) is 49.5 Å². The van der Waals surface area contributed by atoms with Gasteiger partial charge in [-0.3, -0.25) is 19.4 Å². The predicted octanol–water partition coefficient (Wildman–Crippen LogP) is 1.76. The van der Waals surface area contributed by atoms with Crippen LogP contribution in [0.4, 0.5) is 11.4 Å². The van der Waals surface area contributed by atoms with Crippen LogP contribution in [0.25, 0.3) is 11.1 Å². The number of Topliss-reactive ketones (excluding diaryl/α,β-unsaturated/α-hetero) is 1. The molecule has 3 aromatic rings. The predicted molar refractivity (Wildman–Crippen MR) is 120 cm³/mol. The van der Waals surface area contributed by atoms with Crippen molar-refractivity contribution < 1.29 is 23.5 Å². The summed E-state index contributed by atoms with van der Waals surface area (Å²) in [6, 6.07) is 10.2. The highest BCUT2D eigenvalue weighted by Gasteiger charge is 2.31. The molecule has 2 aliphatic rings. The third-order valence-electron chi connectivity index (χ3n) is 5.97. The third kappa shape index (κ3) is 3.95. The van der Waals surface area contributed by atoms with Crippen LogP contribution in [-0.2, 0) is 9.59 Å². The molecule has 0 aliphatic carbocycles. The Morgan fingerprint density at radius 3 is 2.79 bits per heavy atom. The lowest BCUT2D eigenvalue weighted by atomic mass is 10.0. The van der Waals surface area contributed by atoms with E-state index in [9.17, 15) is 19.2 Å². The molecule has 2 amide bonds. The zero-order valence-corrected chi connectivity index (χ0v) is 17.9. The molecule has 10 heteroatoms. The van der Waals surface area contributed by atoms with Gasteiger partial charge < -0.3 is 24.3 Å². The van der Waals surface area contributed by atoms with Gasteiger partial charge in [0.2, 0.25) is 0 Å². The highest BCUT2D eigenvalue weighted by atomic mass is 16.5. The molecule has 3 heterocycles. The lowest BCUT2D eigenvalue weighted by molar-refractivity contribution is -0.143. The van der Waals surface area contributed by atoms with Crippen LogP contribution >= 0.6 is 0 Å². The van der Waals surface area contributed by atoms with Crippen molar-refractivity contribution in [1.29, 1.82) is 0 Å². The molecule has 0 unspecified atom stereocenters. The van der Waals surface area contributed by atoms with E-state index in [2.05, 4.69) is 15.2 Å². The quantitative estimate of drug-likeness (QED) is 0.570. The summed E-state index contributed by atoms with van der Waals surface area (Å²) in [4.78, 5) is 54.9. The van der Waals surface area contributed by atoms with E-state index < -0.39 is 17.6 Å². The van der Waals surface area contributed by atoms with Gasteiger partial charge in [0.25, 0.3) is 0 Å². The minimum atomic E-state index is -0.760. The average Bonchev–Trinajstić information content (AvgIpc) is 3.18. The molecule has 1 fully saturated rings. The molecule has 1 saturated heterocycles. The van der Waals surface area contributed by atoms with Crippen molar-refractivity contribution in [2.45, 2.75) is 19.4 Å². The Bertz CT molecular complexity index is 1330. The summed E-state index contributed by atoms with van der Waals surface area (Å²) >= 11 is 0. The number of aromatic nitrogens is 1. The van der Waals surface area contributed by atoms with Crippen molar-refractivity contribution in [3.8, 4) is 5.75 Å². The molecule has 0 bridgehead atoms. The Hall–Kier alpha value is -4.08. The van der Waals surface area contributed by atoms with Crippen LogP contribution in [0.2, 0.25) is 0 Å². The fourth-order valence-corrected chi connectivity index (χ4v) is 4.31. The SMILES string of the molecule is C[C@@H]1CN(C(=O)C(=O)Nc2ccc3[nH]c(=O)oc3c2)CCN1c1ccc2c(c1)C(=O)CCO2. The lowest BCUT2D eigenvalue weighted by Crippen LogP contribution is -2.55. The first-order valence-corrected chi connectivity index (χ1v) is 10.7. The number of fused-ring (bicyclic) bond motifs is 2. The number of aromatic amines is 1. The van der Waals surface area contributed by atoms with Crippen molar-refractivity contribution in [2.75, 3.05) is 36.5 Å². The molecule has 0 radical (unpaired) electrons. The molecule has 0 spiro atoms. The van der Waals surface area contributed by atoms with Gasteiger partial charge in [-0.2, -0.15) is 0 Å². The second-order valence-electron chi connectivity index (χ2n) is 8.18. The average molecular weight is 450 g/mol. The minimum Gasteiger partial charge on any atom is -0.492 e. The monoisotopic (exact) mass is 450 g/mol. The number of anilines is 2. The van der Waals surface area contributed by atoms with Gasteiger partial charge in [-0.1, -0.05) is 0 Å². The standard InChI is InChI=1S/C23H22N4O6/c1-13-12-26(7-8-27(13)15-3-5-19-16(11-15)18(28)6-9-32-19)22(30)21(29)24-14-2-4-17-20(10-14)33-23(31)25-17/h2-5,10-11,13H,6-9,12H2,1H3,(H,24,29)(H,25,31)/t13-/m1/s1. The van der Waals surface area contributed by atoms with E-state index in [0.717, 1.165) is 5.69 Å². The number of carbonyl (C=O) groups excluding carboxylic acids is 3. The zero-order valence-electron chi connectivity index (χ0n) is 17.9. The Morgan fingerprint density at radius 1 is 1.12 bits per heavy atom. The van der Waals surface area contributed by atoms with E-state index in [1.54, 1.807) is 12.1 Å². The van der Waals surface area contributed by atoms with Gasteiger partial charge in [-0.25, -0.2) is 4.79 Å². The highest BCUT2D eigenvalue weighted by Crippen LogP contribution is 2.31. The Morgan fingerprint density at radius 2 is 1.97 bits per heavy atom. The number of nitrogens with one attached hydrogen (secondary N) is 2. The topological polar surface area (TPSA) is 125 Å². The van der Waals surface area contributed by atoms with Crippen LogP contribution in [0, 0.1) is 0 Å². The first kappa shape index (κ1) is 20.8. The number of ether oxygens (including phenoxy) is 1. The molecular weight excluding hydrogens is 428 g/mol. The number of piperazine rings is 1. The van der Waals surface area contributed by atoms with Crippen LogP contribution in [-0.4, -0.2) is 59.8 Å². The number of amides is 2. The first-order valence-electron chi connectivity index (χ1n) is 10.7. The number of hydrogen-bond donors (Lipinski definition) is 2. The summed E-state index contributed by atoms with van der Waals surface area (Å²) in [6.07, 6.45) is 0.368. The van der Waals surface area contributed by atoms with E-state index in [4.69, 9.17) is 9.15 Å². The van der Waals surface area contributed by atoms with Crippen LogP contribution in [0.5, 0.6) is 5.75 Å². The van der Waals surface area contributed by atoms with Gasteiger partial charge in [0.15, 0.2) is 11.4 Å². The molecule has 2 N–H and O–H groups in total. The molecule has 170 valence electrons. The second kappa shape index (κ2) is 8.12. The molecule has 0 saturated carbocycles. The number of hydrogen-bond acceptors (Lipinski definition) is 7. The Kier molecular flexibility index (Phi) is 5.12. The fraction of sp³-hybridized carbons (Fsp3) is 0.304. The van der Waals surface area contributed by atoms with E-state index >= 15 is 0 Å². The van der Waals surface area contributed by atoms with E-state index in [1.165, 1.54) is 11.0 Å². The maximum absolute atomic E-state index is 12.7. The lowest BCUT2D eigenvalue weighted by Gasteiger charge is -2.41. The van der Waals surface area contributed by atoms with Crippen molar-refractivity contribution >= 4 is 40.1 Å². The number of carbonyl (C=O) groups is 3. The largest absolute Gasteiger partial charge is 0.492 e. The molecule has 33 heavy (non-hydrogen) atoms. The van der Waals surface area contributed by atoms with E-state index in [0.29, 0.717) is 60.8 Å². The number of benzene rings is 2. The summed E-state index contributed by atoms with van der Waals surface area (Å²) in [5.74, 6) is -1.32. The maximum atomic E-state index is 12.7. The summed E-state index contributed by atoms with van der Waals surface area (Å²) < 4.78 is 10.5. The van der Waals surface area contributed by atoms with Crippen LogP contribution in [0.3, 0.4) is 0 Å². The number of oxazole rings is 1. The molecule has 1 aromatic heterocycles. The van der Waals surface area contributed by atoms with Crippen molar-refractivity contribution in [3.05, 3.63) is 52.5 Å². The molecule has 2 aromatic carbocycles. The van der Waals surface area contributed by atoms with Gasteiger partial charge in [-0.05, 0) is 37.3 Å². The zero-order chi connectivity index (χ0) is 23.1. The Labute approximate surface area is 188 Å². The summed E-state index contributed by atoms with van der Waals surface area (Å²) in [6.45, 7) is 3.62. The normalized spacial score (nSPS) is 18.1. The molecule has 10 nitrogen and oxygen atoms in total. The maximum Gasteiger partial charge on any atom is 0.417 e. The Balaban J connectivity index is 1.25. The molecule has 2 aliphatic heterocycles. The van der Waals surface area contributed by atoms with Crippen LogP contribution < -0.4 is 20.7 Å². The smallest absolute Gasteiger partial charge is 0.417 e. The summed E-state index contributed by atoms with van der Waals surface area (Å²) in [5.41, 5.74) is 2.62. The number of ketones is 1. The van der Waals surface area contributed by atoms with Crippen LogP contribution in [0.15, 0.2) is 45.6 Å². The molecule has 1 atom stereocenters. The number of H-pyrrole nitrogens is 1. The summed E-state index contributed by atoms with van der Waals surface area (Å²) in [7, 11) is 0. The van der Waals surface area contributed by atoms with Gasteiger partial charge in [-0.15, -0.1) is 0 Å². The second-order valence-corrected chi connectivity index (χ2v) is 8.18. The van der Waals surface area contributed by atoms with Crippen molar-refractivity contribution in [2.24, 2.45) is 0 Å². The van der Waals surface area contributed by atoms with E-state index in [-0.39, 0.29) is 11.8 Å². The van der Waals surface area contributed by atoms with E-state index in [1.807, 2.05) is 25.1 Å². The fourth-order valence-electron chi connectivity index (χ4n) is 4.31. The van der Waals surface area contributed by atoms with Gasteiger partial charge >= 0.3 is 17.6 Å². The van der Waals surface area contributed by atoms with Gasteiger partial charge in [0.05, 0.1) is 17.7 Å². The number of nitrogens with zero attached hydrogens (tertiary/aromatic N) is 2. The minimum absolute atomic E-state index is 0.0568. The van der Waals surface area contributed by atoms with Crippen molar-refractivity contribution in [1.82, 2.24) is 9.88 Å². The van der Waals surface area contributed by atoms with Gasteiger partial charge in [0.1, 0.15) is 5.75 Å².